The third-order valence-corrected chi connectivity index (χ3v) is 2.18. The molecule has 16 heavy (non-hydrogen) atoms. The van der Waals surface area contributed by atoms with E-state index in [1.54, 1.807) is 6.92 Å². The van der Waals surface area contributed by atoms with Crippen LogP contribution in [0.15, 0.2) is 18.2 Å². The average Bonchev–Trinajstić information content (AvgIpc) is 2.28. The van der Waals surface area contributed by atoms with Crippen molar-refractivity contribution in [3.63, 3.8) is 0 Å². The van der Waals surface area contributed by atoms with Gasteiger partial charge in [-0.1, -0.05) is 5.92 Å². The quantitative estimate of drug-likeness (QED) is 0.763. The maximum atomic E-state index is 13.2. The Morgan fingerprint density at radius 1 is 1.50 bits per heavy atom. The Morgan fingerprint density at radius 2 is 2.19 bits per heavy atom. The molecule has 2 N–H and O–H groups in total. The van der Waals surface area contributed by atoms with Gasteiger partial charge < -0.3 is 10.4 Å². The summed E-state index contributed by atoms with van der Waals surface area (Å²) in [6.45, 7) is 1.81. The van der Waals surface area contributed by atoms with Gasteiger partial charge in [-0.25, -0.2) is 8.78 Å². The Kier molecular flexibility index (Phi) is 4.41. The van der Waals surface area contributed by atoms with Crippen LogP contribution in [0.25, 0.3) is 0 Å². The van der Waals surface area contributed by atoms with E-state index in [0.717, 1.165) is 18.2 Å². The molecule has 2 atom stereocenters. The normalized spacial score (nSPS) is 14.2. The highest BCUT2D eigenvalue weighted by Gasteiger charge is 2.14. The lowest BCUT2D eigenvalue weighted by Gasteiger charge is -2.14. The number of benzene rings is 1. The molecular weight excluding hydrogens is 212 g/mol. The molecule has 2 unspecified atom stereocenters. The van der Waals surface area contributed by atoms with Crippen molar-refractivity contribution >= 4 is 0 Å². The summed E-state index contributed by atoms with van der Waals surface area (Å²) >= 11 is 0. The van der Waals surface area contributed by atoms with Crippen molar-refractivity contribution in [2.75, 3.05) is 6.54 Å². The van der Waals surface area contributed by atoms with Gasteiger partial charge >= 0.3 is 0 Å². The molecule has 86 valence electrons. The fourth-order valence-electron chi connectivity index (χ4n) is 1.23. The number of hydrogen-bond acceptors (Lipinski definition) is 2. The van der Waals surface area contributed by atoms with Crippen LogP contribution in [0.1, 0.15) is 18.6 Å². The number of rotatable bonds is 4. The van der Waals surface area contributed by atoms with E-state index in [0.29, 0.717) is 0 Å². The van der Waals surface area contributed by atoms with Crippen molar-refractivity contribution < 1.29 is 13.9 Å². The van der Waals surface area contributed by atoms with Gasteiger partial charge in [-0.2, -0.15) is 0 Å². The Balaban J connectivity index is 2.69. The van der Waals surface area contributed by atoms with Crippen molar-refractivity contribution in [3.05, 3.63) is 35.4 Å². The van der Waals surface area contributed by atoms with Gasteiger partial charge in [-0.05, 0) is 25.1 Å². The number of aliphatic hydroxyl groups is 1. The lowest BCUT2D eigenvalue weighted by molar-refractivity contribution is 0.168. The molecule has 4 heteroatoms. The van der Waals surface area contributed by atoms with Crippen molar-refractivity contribution in [1.82, 2.24) is 5.32 Å². The Labute approximate surface area is 93.3 Å². The molecule has 0 aliphatic heterocycles. The molecular formula is C12H13F2NO. The highest BCUT2D eigenvalue weighted by Crippen LogP contribution is 2.17. The van der Waals surface area contributed by atoms with Crippen molar-refractivity contribution in [3.8, 4) is 12.3 Å². The summed E-state index contributed by atoms with van der Waals surface area (Å²) in [6, 6.07) is 2.73. The molecule has 0 aromatic heterocycles. The predicted octanol–water partition coefficient (Wildman–Crippen LogP) is 1.61. The first-order chi connectivity index (χ1) is 7.54. The Hall–Kier alpha value is -1.44. The van der Waals surface area contributed by atoms with Crippen LogP contribution in [0.2, 0.25) is 0 Å². The lowest BCUT2D eigenvalue weighted by atomic mass is 10.1. The zero-order valence-corrected chi connectivity index (χ0v) is 8.87. The highest BCUT2D eigenvalue weighted by molar-refractivity contribution is 5.21. The molecule has 0 aliphatic rings. The van der Waals surface area contributed by atoms with E-state index in [9.17, 15) is 13.9 Å². The second-order valence-electron chi connectivity index (χ2n) is 3.48. The van der Waals surface area contributed by atoms with Gasteiger partial charge in [0.25, 0.3) is 0 Å². The van der Waals surface area contributed by atoms with Crippen molar-refractivity contribution in [1.29, 1.82) is 0 Å². The molecule has 1 rings (SSSR count). The fourth-order valence-corrected chi connectivity index (χ4v) is 1.23. The summed E-state index contributed by atoms with van der Waals surface area (Å²) in [5.74, 6) is 1.19. The Morgan fingerprint density at radius 3 is 2.81 bits per heavy atom. The van der Waals surface area contributed by atoms with Crippen LogP contribution >= 0.6 is 0 Å². The number of halogens is 2. The summed E-state index contributed by atoms with van der Waals surface area (Å²) in [5.41, 5.74) is -0.0725. The third kappa shape index (κ3) is 3.30. The summed E-state index contributed by atoms with van der Waals surface area (Å²) in [5, 5.41) is 12.4. The van der Waals surface area contributed by atoms with Gasteiger partial charge in [0.2, 0.25) is 0 Å². The first-order valence-corrected chi connectivity index (χ1v) is 4.87. The minimum atomic E-state index is -1.12. The second-order valence-corrected chi connectivity index (χ2v) is 3.48. The summed E-state index contributed by atoms with van der Waals surface area (Å²) in [4.78, 5) is 0. The van der Waals surface area contributed by atoms with E-state index in [-0.39, 0.29) is 18.2 Å². The van der Waals surface area contributed by atoms with Crippen LogP contribution in [-0.2, 0) is 0 Å². The van der Waals surface area contributed by atoms with Crippen molar-refractivity contribution in [2.24, 2.45) is 0 Å². The molecule has 0 amide bonds. The molecule has 0 heterocycles. The predicted molar refractivity (Wildman–Crippen MR) is 57.6 cm³/mol. The van der Waals surface area contributed by atoms with Crippen LogP contribution in [0.3, 0.4) is 0 Å². The minimum Gasteiger partial charge on any atom is -0.387 e. The van der Waals surface area contributed by atoms with Gasteiger partial charge in [-0.3, -0.25) is 0 Å². The molecule has 1 aromatic rings. The van der Waals surface area contributed by atoms with E-state index in [4.69, 9.17) is 6.42 Å². The van der Waals surface area contributed by atoms with E-state index in [1.165, 1.54) is 0 Å². The van der Waals surface area contributed by atoms with Crippen LogP contribution in [0.5, 0.6) is 0 Å². The van der Waals surface area contributed by atoms with Crippen LogP contribution in [0, 0.1) is 24.0 Å². The monoisotopic (exact) mass is 225 g/mol. The smallest absolute Gasteiger partial charge is 0.129 e. The zero-order chi connectivity index (χ0) is 12.1. The molecule has 0 spiro atoms. The zero-order valence-electron chi connectivity index (χ0n) is 8.87. The average molecular weight is 225 g/mol. The van der Waals surface area contributed by atoms with Crippen molar-refractivity contribution in [2.45, 2.75) is 19.1 Å². The molecule has 0 radical (unpaired) electrons. The van der Waals surface area contributed by atoms with Crippen LogP contribution < -0.4 is 5.32 Å². The SMILES string of the molecule is C#CC(C)NCC(O)c1cc(F)ccc1F. The molecule has 1 aromatic carbocycles. The molecule has 0 fully saturated rings. The number of nitrogens with one attached hydrogen (secondary N) is 1. The summed E-state index contributed by atoms with van der Waals surface area (Å²) in [6.07, 6.45) is 4.00. The third-order valence-electron chi connectivity index (χ3n) is 2.18. The van der Waals surface area contributed by atoms with Gasteiger partial charge in [0, 0.05) is 12.1 Å². The first kappa shape index (κ1) is 12.6. The van der Waals surface area contributed by atoms with E-state index < -0.39 is 17.7 Å². The molecule has 0 saturated carbocycles. The van der Waals surface area contributed by atoms with Gasteiger partial charge in [0.15, 0.2) is 0 Å². The standard InChI is InChI=1S/C12H13F2NO/c1-3-8(2)15-7-12(16)10-6-9(13)4-5-11(10)14/h1,4-6,8,12,15-16H,7H2,2H3. The van der Waals surface area contributed by atoms with E-state index in [2.05, 4.69) is 11.2 Å². The fraction of sp³-hybridized carbons (Fsp3) is 0.333. The maximum Gasteiger partial charge on any atom is 0.129 e. The largest absolute Gasteiger partial charge is 0.387 e. The summed E-state index contributed by atoms with van der Waals surface area (Å²) < 4.78 is 26.1. The lowest BCUT2D eigenvalue weighted by Crippen LogP contribution is -2.29. The van der Waals surface area contributed by atoms with Crippen LogP contribution in [0.4, 0.5) is 8.78 Å². The Bertz CT molecular complexity index is 400. The van der Waals surface area contributed by atoms with Gasteiger partial charge in [-0.15, -0.1) is 6.42 Å². The number of terminal acetylenes is 1. The van der Waals surface area contributed by atoms with E-state index >= 15 is 0 Å². The number of hydrogen-bond donors (Lipinski definition) is 2. The summed E-state index contributed by atoms with van der Waals surface area (Å²) in [7, 11) is 0. The van der Waals surface area contributed by atoms with E-state index in [1.807, 2.05) is 0 Å². The molecule has 0 aliphatic carbocycles. The highest BCUT2D eigenvalue weighted by atomic mass is 19.1. The van der Waals surface area contributed by atoms with Gasteiger partial charge in [0.1, 0.15) is 11.6 Å². The molecule has 2 nitrogen and oxygen atoms in total. The number of aliphatic hydroxyl groups excluding tert-OH is 1. The molecule has 0 bridgehead atoms. The molecule has 0 saturated heterocycles. The topological polar surface area (TPSA) is 32.3 Å². The van der Waals surface area contributed by atoms with Crippen LogP contribution in [-0.4, -0.2) is 17.7 Å². The second kappa shape index (κ2) is 5.59. The maximum absolute atomic E-state index is 13.2. The minimum absolute atomic E-state index is 0.0725. The van der Waals surface area contributed by atoms with Gasteiger partial charge in [0.05, 0.1) is 12.1 Å². The first-order valence-electron chi connectivity index (χ1n) is 4.87.